The van der Waals surface area contributed by atoms with Gasteiger partial charge in [-0.05, 0) is 23.6 Å². The summed E-state index contributed by atoms with van der Waals surface area (Å²) in [4.78, 5) is 34.0. The van der Waals surface area contributed by atoms with Crippen molar-refractivity contribution in [1.29, 1.82) is 0 Å². The van der Waals surface area contributed by atoms with Crippen molar-refractivity contribution >= 4 is 34.9 Å². The predicted molar refractivity (Wildman–Crippen MR) is 120 cm³/mol. The van der Waals surface area contributed by atoms with Gasteiger partial charge in [-0.1, -0.05) is 18.2 Å². The molecule has 0 spiro atoms. The van der Waals surface area contributed by atoms with Crippen LogP contribution in [0.3, 0.4) is 0 Å². The maximum absolute atomic E-state index is 13.2. The maximum Gasteiger partial charge on any atom is 0.255 e. The van der Waals surface area contributed by atoms with E-state index >= 15 is 0 Å². The number of benzene rings is 1. The van der Waals surface area contributed by atoms with Crippen molar-refractivity contribution in [3.63, 3.8) is 0 Å². The van der Waals surface area contributed by atoms with Gasteiger partial charge in [-0.3, -0.25) is 14.5 Å². The van der Waals surface area contributed by atoms with Gasteiger partial charge in [-0.2, -0.15) is 0 Å². The molecule has 1 aromatic heterocycles. The number of piperazine rings is 1. The summed E-state index contributed by atoms with van der Waals surface area (Å²) in [6, 6.07) is 12.0. The molecule has 3 heterocycles. The molecule has 1 aromatic carbocycles. The SMILES string of the molecule is O=C(CN1CCOCC1)N1CCN(C(=O)c2ccccc2SCc2cccs2)CC1. The first kappa shape index (κ1) is 21.4. The number of carbonyl (C=O) groups excluding carboxylic acids is 2. The van der Waals surface area contributed by atoms with Crippen molar-refractivity contribution < 1.29 is 14.3 Å². The molecule has 2 saturated heterocycles. The number of ether oxygens (including phenoxy) is 1. The number of nitrogens with zero attached hydrogens (tertiary/aromatic N) is 3. The second kappa shape index (κ2) is 10.4. The topological polar surface area (TPSA) is 53.1 Å². The third-order valence-corrected chi connectivity index (χ3v) is 7.63. The Morgan fingerprint density at radius 3 is 2.40 bits per heavy atom. The third-order valence-electron chi connectivity index (χ3n) is 5.45. The molecule has 2 aliphatic rings. The Labute approximate surface area is 185 Å². The molecule has 0 aliphatic carbocycles. The molecule has 2 aromatic rings. The van der Waals surface area contributed by atoms with Gasteiger partial charge < -0.3 is 14.5 Å². The fourth-order valence-corrected chi connectivity index (χ4v) is 5.51. The standard InChI is InChI=1S/C22H27N3O3S2/c26-21(16-23-11-13-28-14-12-23)24-7-9-25(10-8-24)22(27)19-5-1-2-6-20(19)30-17-18-4-3-15-29-18/h1-6,15H,7-14,16-17H2. The van der Waals surface area contributed by atoms with Gasteiger partial charge in [-0.15, -0.1) is 23.1 Å². The van der Waals surface area contributed by atoms with Crippen molar-refractivity contribution in [1.82, 2.24) is 14.7 Å². The fourth-order valence-electron chi connectivity index (χ4n) is 3.69. The van der Waals surface area contributed by atoms with E-state index in [1.165, 1.54) is 4.88 Å². The molecule has 8 heteroatoms. The van der Waals surface area contributed by atoms with E-state index in [4.69, 9.17) is 4.74 Å². The van der Waals surface area contributed by atoms with Gasteiger partial charge in [0.25, 0.3) is 5.91 Å². The first-order valence-corrected chi connectivity index (χ1v) is 12.2. The summed E-state index contributed by atoms with van der Waals surface area (Å²) < 4.78 is 5.35. The number of hydrogen-bond acceptors (Lipinski definition) is 6. The van der Waals surface area contributed by atoms with Crippen LogP contribution in [0.15, 0.2) is 46.7 Å². The van der Waals surface area contributed by atoms with Crippen LogP contribution in [-0.2, 0) is 15.3 Å². The molecule has 6 nitrogen and oxygen atoms in total. The minimum atomic E-state index is 0.0598. The first-order valence-electron chi connectivity index (χ1n) is 10.3. The smallest absolute Gasteiger partial charge is 0.255 e. The van der Waals surface area contributed by atoms with Crippen LogP contribution in [0.1, 0.15) is 15.2 Å². The Morgan fingerprint density at radius 1 is 0.933 bits per heavy atom. The second-order valence-electron chi connectivity index (χ2n) is 7.43. The number of rotatable bonds is 6. The van der Waals surface area contributed by atoms with E-state index in [0.717, 1.165) is 29.3 Å². The van der Waals surface area contributed by atoms with Gasteiger partial charge in [0.2, 0.25) is 5.91 Å². The lowest BCUT2D eigenvalue weighted by Crippen LogP contribution is -2.53. The van der Waals surface area contributed by atoms with Crippen LogP contribution in [0.25, 0.3) is 0 Å². The number of hydrogen-bond donors (Lipinski definition) is 0. The van der Waals surface area contributed by atoms with Gasteiger partial charge in [0, 0.05) is 54.8 Å². The lowest BCUT2D eigenvalue weighted by Gasteiger charge is -2.36. The molecular formula is C22H27N3O3S2. The Balaban J connectivity index is 1.31. The monoisotopic (exact) mass is 445 g/mol. The van der Waals surface area contributed by atoms with E-state index in [1.54, 1.807) is 23.1 Å². The zero-order valence-electron chi connectivity index (χ0n) is 17.0. The summed E-state index contributed by atoms with van der Waals surface area (Å²) in [6.45, 7) is 5.81. The molecule has 160 valence electrons. The van der Waals surface area contributed by atoms with Crippen LogP contribution >= 0.6 is 23.1 Å². The molecule has 0 bridgehead atoms. The molecule has 0 unspecified atom stereocenters. The molecule has 0 radical (unpaired) electrons. The zero-order chi connectivity index (χ0) is 20.8. The highest BCUT2D eigenvalue weighted by Gasteiger charge is 2.27. The molecule has 2 aliphatic heterocycles. The Kier molecular flexibility index (Phi) is 7.43. The van der Waals surface area contributed by atoms with Crippen molar-refractivity contribution in [2.75, 3.05) is 59.0 Å². The Hall–Kier alpha value is -1.87. The normalized spacial score (nSPS) is 17.9. The van der Waals surface area contributed by atoms with Gasteiger partial charge in [0.15, 0.2) is 0 Å². The number of amides is 2. The van der Waals surface area contributed by atoms with E-state index in [9.17, 15) is 9.59 Å². The second-order valence-corrected chi connectivity index (χ2v) is 9.48. The maximum atomic E-state index is 13.2. The van der Waals surface area contributed by atoms with Crippen LogP contribution in [0.4, 0.5) is 0 Å². The van der Waals surface area contributed by atoms with E-state index < -0.39 is 0 Å². The van der Waals surface area contributed by atoms with Crippen LogP contribution < -0.4 is 0 Å². The van der Waals surface area contributed by atoms with Crippen LogP contribution in [0.2, 0.25) is 0 Å². The van der Waals surface area contributed by atoms with Crippen LogP contribution in [0.5, 0.6) is 0 Å². The Morgan fingerprint density at radius 2 is 1.67 bits per heavy atom. The summed E-state index contributed by atoms with van der Waals surface area (Å²) in [5, 5.41) is 2.08. The average molecular weight is 446 g/mol. The van der Waals surface area contributed by atoms with E-state index in [-0.39, 0.29) is 11.8 Å². The van der Waals surface area contributed by atoms with Crippen LogP contribution in [0, 0.1) is 0 Å². The molecule has 2 amide bonds. The van der Waals surface area contributed by atoms with Crippen molar-refractivity contribution in [2.24, 2.45) is 0 Å². The molecule has 0 saturated carbocycles. The molecule has 0 atom stereocenters. The fraction of sp³-hybridized carbons (Fsp3) is 0.455. The number of thiophene rings is 1. The summed E-state index contributed by atoms with van der Waals surface area (Å²) >= 11 is 3.44. The van der Waals surface area contributed by atoms with Crippen molar-refractivity contribution in [3.05, 3.63) is 52.2 Å². The van der Waals surface area contributed by atoms with Crippen molar-refractivity contribution in [3.8, 4) is 0 Å². The summed E-state index contributed by atoms with van der Waals surface area (Å²) in [5.41, 5.74) is 0.757. The highest BCUT2D eigenvalue weighted by atomic mass is 32.2. The molecular weight excluding hydrogens is 418 g/mol. The van der Waals surface area contributed by atoms with E-state index in [2.05, 4.69) is 22.4 Å². The lowest BCUT2D eigenvalue weighted by molar-refractivity contribution is -0.134. The molecule has 30 heavy (non-hydrogen) atoms. The highest BCUT2D eigenvalue weighted by Crippen LogP contribution is 2.29. The number of morpholine rings is 1. The predicted octanol–water partition coefficient (Wildman–Crippen LogP) is 2.66. The average Bonchev–Trinajstić information content (AvgIpc) is 3.32. The number of carbonyl (C=O) groups is 2. The summed E-state index contributed by atoms with van der Waals surface area (Å²) in [6.07, 6.45) is 0. The third kappa shape index (κ3) is 5.43. The quantitative estimate of drug-likeness (QED) is 0.640. The van der Waals surface area contributed by atoms with E-state index in [0.29, 0.717) is 45.9 Å². The number of thioether (sulfide) groups is 1. The first-order chi connectivity index (χ1) is 14.7. The summed E-state index contributed by atoms with van der Waals surface area (Å²) in [7, 11) is 0. The molecule has 0 N–H and O–H groups in total. The minimum absolute atomic E-state index is 0.0598. The van der Waals surface area contributed by atoms with Crippen molar-refractivity contribution in [2.45, 2.75) is 10.6 Å². The van der Waals surface area contributed by atoms with Gasteiger partial charge >= 0.3 is 0 Å². The van der Waals surface area contributed by atoms with Gasteiger partial charge in [0.1, 0.15) is 0 Å². The zero-order valence-corrected chi connectivity index (χ0v) is 18.6. The summed E-state index contributed by atoms with van der Waals surface area (Å²) in [5.74, 6) is 1.08. The Bertz CT molecular complexity index is 845. The highest BCUT2D eigenvalue weighted by molar-refractivity contribution is 7.98. The minimum Gasteiger partial charge on any atom is -0.379 e. The van der Waals surface area contributed by atoms with Gasteiger partial charge in [-0.25, -0.2) is 0 Å². The van der Waals surface area contributed by atoms with E-state index in [1.807, 2.05) is 34.1 Å². The molecule has 4 rings (SSSR count). The van der Waals surface area contributed by atoms with Gasteiger partial charge in [0.05, 0.1) is 25.3 Å². The molecule has 2 fully saturated rings. The lowest BCUT2D eigenvalue weighted by atomic mass is 10.1. The largest absolute Gasteiger partial charge is 0.379 e. The van der Waals surface area contributed by atoms with Crippen LogP contribution in [-0.4, -0.2) is 85.5 Å².